The molecule has 0 radical (unpaired) electrons. The lowest BCUT2D eigenvalue weighted by molar-refractivity contribution is 0.122. The van der Waals surface area contributed by atoms with E-state index in [-0.39, 0.29) is 0 Å². The summed E-state index contributed by atoms with van der Waals surface area (Å²) < 4.78 is 0. The SMILES string of the molecule is CCCN(CCC)C1CNCCC1C. The van der Waals surface area contributed by atoms with E-state index in [1.165, 1.54) is 45.4 Å². The van der Waals surface area contributed by atoms with Crippen molar-refractivity contribution >= 4 is 0 Å². The first-order chi connectivity index (χ1) is 6.79. The maximum absolute atomic E-state index is 3.52. The topological polar surface area (TPSA) is 15.3 Å². The van der Waals surface area contributed by atoms with Gasteiger partial charge in [0, 0.05) is 12.6 Å². The minimum Gasteiger partial charge on any atom is -0.315 e. The Kier molecular flexibility index (Phi) is 5.49. The van der Waals surface area contributed by atoms with Crippen molar-refractivity contribution in [2.75, 3.05) is 26.2 Å². The van der Waals surface area contributed by atoms with Gasteiger partial charge in [0.25, 0.3) is 0 Å². The first-order valence-corrected chi connectivity index (χ1v) is 6.24. The van der Waals surface area contributed by atoms with Crippen molar-refractivity contribution in [1.82, 2.24) is 10.2 Å². The second kappa shape index (κ2) is 6.41. The summed E-state index contributed by atoms with van der Waals surface area (Å²) >= 11 is 0. The van der Waals surface area contributed by atoms with Gasteiger partial charge in [-0.3, -0.25) is 4.90 Å². The second-order valence-electron chi connectivity index (χ2n) is 4.57. The molecule has 1 saturated heterocycles. The van der Waals surface area contributed by atoms with Crippen LogP contribution < -0.4 is 5.32 Å². The molecule has 1 aliphatic heterocycles. The molecular formula is C12H26N2. The molecule has 84 valence electrons. The van der Waals surface area contributed by atoms with E-state index in [9.17, 15) is 0 Å². The summed E-state index contributed by atoms with van der Waals surface area (Å²) in [6.45, 7) is 11.9. The zero-order chi connectivity index (χ0) is 10.4. The van der Waals surface area contributed by atoms with Gasteiger partial charge >= 0.3 is 0 Å². The van der Waals surface area contributed by atoms with Gasteiger partial charge in [-0.15, -0.1) is 0 Å². The van der Waals surface area contributed by atoms with Crippen LogP contribution in [-0.2, 0) is 0 Å². The summed E-state index contributed by atoms with van der Waals surface area (Å²) in [5.74, 6) is 0.870. The second-order valence-corrected chi connectivity index (χ2v) is 4.57. The lowest BCUT2D eigenvalue weighted by Crippen LogP contribution is -2.50. The number of nitrogens with one attached hydrogen (secondary N) is 1. The molecule has 0 bridgehead atoms. The van der Waals surface area contributed by atoms with Crippen molar-refractivity contribution in [2.24, 2.45) is 5.92 Å². The van der Waals surface area contributed by atoms with Crippen LogP contribution >= 0.6 is 0 Å². The van der Waals surface area contributed by atoms with Crippen molar-refractivity contribution in [2.45, 2.75) is 46.1 Å². The highest BCUT2D eigenvalue weighted by Gasteiger charge is 2.25. The van der Waals surface area contributed by atoms with Gasteiger partial charge in [0.15, 0.2) is 0 Å². The molecule has 2 atom stereocenters. The van der Waals surface area contributed by atoms with Gasteiger partial charge in [-0.05, 0) is 44.8 Å². The Morgan fingerprint density at radius 3 is 2.36 bits per heavy atom. The third-order valence-corrected chi connectivity index (χ3v) is 3.28. The molecule has 0 aromatic heterocycles. The van der Waals surface area contributed by atoms with Crippen LogP contribution in [0.25, 0.3) is 0 Å². The number of piperidine rings is 1. The fourth-order valence-electron chi connectivity index (χ4n) is 2.48. The van der Waals surface area contributed by atoms with E-state index in [1.54, 1.807) is 0 Å². The molecule has 2 heteroatoms. The van der Waals surface area contributed by atoms with Crippen molar-refractivity contribution in [3.8, 4) is 0 Å². The highest BCUT2D eigenvalue weighted by Crippen LogP contribution is 2.18. The predicted octanol–water partition coefficient (Wildman–Crippen LogP) is 2.11. The van der Waals surface area contributed by atoms with E-state index in [4.69, 9.17) is 0 Å². The Labute approximate surface area is 89.1 Å². The van der Waals surface area contributed by atoms with Crippen LogP contribution in [0.1, 0.15) is 40.0 Å². The fourth-order valence-corrected chi connectivity index (χ4v) is 2.48. The molecule has 14 heavy (non-hydrogen) atoms. The van der Waals surface area contributed by atoms with Gasteiger partial charge in [0.2, 0.25) is 0 Å². The van der Waals surface area contributed by atoms with Crippen molar-refractivity contribution < 1.29 is 0 Å². The Balaban J connectivity index is 2.46. The molecular weight excluding hydrogens is 172 g/mol. The van der Waals surface area contributed by atoms with E-state index < -0.39 is 0 Å². The molecule has 0 amide bonds. The summed E-state index contributed by atoms with van der Waals surface area (Å²) in [7, 11) is 0. The Morgan fingerprint density at radius 2 is 1.86 bits per heavy atom. The standard InChI is InChI=1S/C12H26N2/c1-4-8-14(9-5-2)12-10-13-7-6-11(12)3/h11-13H,4-10H2,1-3H3. The van der Waals surface area contributed by atoms with Crippen LogP contribution in [0.5, 0.6) is 0 Å². The lowest BCUT2D eigenvalue weighted by Gasteiger charge is -2.38. The number of nitrogens with zero attached hydrogens (tertiary/aromatic N) is 1. The molecule has 1 fully saturated rings. The van der Waals surface area contributed by atoms with Crippen LogP contribution in [0.3, 0.4) is 0 Å². The van der Waals surface area contributed by atoms with Gasteiger partial charge in [-0.25, -0.2) is 0 Å². The molecule has 1 heterocycles. The first kappa shape index (κ1) is 12.0. The largest absolute Gasteiger partial charge is 0.315 e. The van der Waals surface area contributed by atoms with Gasteiger partial charge in [-0.2, -0.15) is 0 Å². The zero-order valence-corrected chi connectivity index (χ0v) is 10.1. The monoisotopic (exact) mass is 198 g/mol. The predicted molar refractivity (Wildman–Crippen MR) is 62.6 cm³/mol. The summed E-state index contributed by atoms with van der Waals surface area (Å²) in [6.07, 6.45) is 3.90. The van der Waals surface area contributed by atoms with E-state index in [0.29, 0.717) is 0 Å². The molecule has 1 rings (SSSR count). The average molecular weight is 198 g/mol. The van der Waals surface area contributed by atoms with Gasteiger partial charge in [-0.1, -0.05) is 20.8 Å². The summed E-state index contributed by atoms with van der Waals surface area (Å²) in [4.78, 5) is 2.68. The minimum absolute atomic E-state index is 0.781. The van der Waals surface area contributed by atoms with Crippen LogP contribution in [0.4, 0.5) is 0 Å². The molecule has 1 aliphatic rings. The van der Waals surface area contributed by atoms with Gasteiger partial charge < -0.3 is 5.32 Å². The first-order valence-electron chi connectivity index (χ1n) is 6.24. The van der Waals surface area contributed by atoms with Crippen LogP contribution in [-0.4, -0.2) is 37.1 Å². The third-order valence-electron chi connectivity index (χ3n) is 3.28. The van der Waals surface area contributed by atoms with Gasteiger partial charge in [0.05, 0.1) is 0 Å². The Bertz CT molecular complexity index is 141. The summed E-state index contributed by atoms with van der Waals surface area (Å²) in [6, 6.07) is 0.781. The molecule has 1 N–H and O–H groups in total. The van der Waals surface area contributed by atoms with E-state index >= 15 is 0 Å². The maximum Gasteiger partial charge on any atom is 0.0246 e. The highest BCUT2D eigenvalue weighted by molar-refractivity contribution is 4.83. The lowest BCUT2D eigenvalue weighted by atomic mass is 9.93. The van der Waals surface area contributed by atoms with E-state index in [1.807, 2.05) is 0 Å². The smallest absolute Gasteiger partial charge is 0.0246 e. The Hall–Kier alpha value is -0.0800. The molecule has 0 spiro atoms. The van der Waals surface area contributed by atoms with Crippen LogP contribution in [0.15, 0.2) is 0 Å². The number of hydrogen-bond donors (Lipinski definition) is 1. The summed E-state index contributed by atoms with van der Waals surface area (Å²) in [5.41, 5.74) is 0. The molecule has 2 unspecified atom stereocenters. The molecule has 0 aromatic carbocycles. The zero-order valence-electron chi connectivity index (χ0n) is 10.1. The quantitative estimate of drug-likeness (QED) is 0.728. The minimum atomic E-state index is 0.781. The van der Waals surface area contributed by atoms with E-state index in [2.05, 4.69) is 31.0 Å². The molecule has 0 aromatic rings. The highest BCUT2D eigenvalue weighted by atomic mass is 15.2. The number of rotatable bonds is 5. The van der Waals surface area contributed by atoms with Gasteiger partial charge in [0.1, 0.15) is 0 Å². The Morgan fingerprint density at radius 1 is 1.21 bits per heavy atom. The normalized spacial score (nSPS) is 28.3. The maximum atomic E-state index is 3.52. The molecule has 0 saturated carbocycles. The fraction of sp³-hybridized carbons (Fsp3) is 1.00. The summed E-state index contributed by atoms with van der Waals surface area (Å²) in [5, 5.41) is 3.52. The van der Waals surface area contributed by atoms with Crippen LogP contribution in [0, 0.1) is 5.92 Å². The molecule has 2 nitrogen and oxygen atoms in total. The third kappa shape index (κ3) is 3.25. The number of hydrogen-bond acceptors (Lipinski definition) is 2. The average Bonchev–Trinajstić information content (AvgIpc) is 2.18. The van der Waals surface area contributed by atoms with Crippen LogP contribution in [0.2, 0.25) is 0 Å². The van der Waals surface area contributed by atoms with Crippen molar-refractivity contribution in [3.05, 3.63) is 0 Å². The van der Waals surface area contributed by atoms with E-state index in [0.717, 1.165) is 12.0 Å². The van der Waals surface area contributed by atoms with Crippen molar-refractivity contribution in [3.63, 3.8) is 0 Å². The van der Waals surface area contributed by atoms with Crippen molar-refractivity contribution in [1.29, 1.82) is 0 Å². The molecule has 0 aliphatic carbocycles.